The lowest BCUT2D eigenvalue weighted by molar-refractivity contribution is -0.0593. The van der Waals surface area contributed by atoms with Gasteiger partial charge in [0.05, 0.1) is 51.9 Å². The number of aliphatic hydroxyl groups is 1. The van der Waals surface area contributed by atoms with Crippen molar-refractivity contribution in [2.75, 3.05) is 58.9 Å². The standard InChI is InChI=1S/C11H21NO6S.C10H19NO4/c1-11(2,3)18-10(13)12-5-6-16-9(7-12)8-17-19(4,14)15;1-10(2,3)15-9(13)11-4-5-14-8(6-11)7-12/h9H,5-8H2,1-4H3;8,12H,4-7H2,1-3H3. The number of nitrogens with zero attached hydrogens (tertiary/aromatic N) is 2. The fourth-order valence-corrected chi connectivity index (χ4v) is 3.23. The number of carbonyl (C=O) groups excluding carboxylic acids is 2. The molecular formula is C21H40N2O10S. The highest BCUT2D eigenvalue weighted by Crippen LogP contribution is 2.14. The Morgan fingerprint density at radius 2 is 1.29 bits per heavy atom. The zero-order valence-electron chi connectivity index (χ0n) is 21.2. The van der Waals surface area contributed by atoms with Gasteiger partial charge in [0.2, 0.25) is 0 Å². The van der Waals surface area contributed by atoms with Crippen molar-refractivity contribution >= 4 is 22.3 Å². The predicted molar refractivity (Wildman–Crippen MR) is 123 cm³/mol. The Balaban J connectivity index is 0.000000350. The van der Waals surface area contributed by atoms with Crippen LogP contribution in [-0.4, -0.2) is 118 Å². The fourth-order valence-electron chi connectivity index (χ4n) is 2.83. The van der Waals surface area contributed by atoms with Crippen LogP contribution in [0.1, 0.15) is 41.5 Å². The van der Waals surface area contributed by atoms with E-state index < -0.39 is 33.5 Å². The Labute approximate surface area is 202 Å². The molecule has 2 unspecified atom stereocenters. The van der Waals surface area contributed by atoms with Crippen LogP contribution in [0.2, 0.25) is 0 Å². The van der Waals surface area contributed by atoms with Crippen LogP contribution in [0.25, 0.3) is 0 Å². The minimum absolute atomic E-state index is 0.0701. The second-order valence-electron chi connectivity index (χ2n) is 10.0. The van der Waals surface area contributed by atoms with Gasteiger partial charge in [0.15, 0.2) is 0 Å². The van der Waals surface area contributed by atoms with Gasteiger partial charge in [-0.2, -0.15) is 8.42 Å². The van der Waals surface area contributed by atoms with Gasteiger partial charge in [-0.05, 0) is 41.5 Å². The second kappa shape index (κ2) is 12.9. The van der Waals surface area contributed by atoms with Crippen molar-refractivity contribution in [1.82, 2.24) is 9.80 Å². The van der Waals surface area contributed by atoms with E-state index in [4.69, 9.17) is 24.1 Å². The second-order valence-corrected chi connectivity index (χ2v) is 11.7. The highest BCUT2D eigenvalue weighted by Gasteiger charge is 2.29. The van der Waals surface area contributed by atoms with Crippen molar-refractivity contribution in [2.45, 2.75) is 65.0 Å². The van der Waals surface area contributed by atoms with Gasteiger partial charge in [0, 0.05) is 13.1 Å². The van der Waals surface area contributed by atoms with Crippen LogP contribution in [0.15, 0.2) is 0 Å². The fraction of sp³-hybridized carbons (Fsp3) is 0.905. The molecule has 0 bridgehead atoms. The molecule has 2 rings (SSSR count). The Morgan fingerprint density at radius 3 is 1.68 bits per heavy atom. The average Bonchev–Trinajstić information content (AvgIpc) is 2.70. The third kappa shape index (κ3) is 13.3. The molecule has 0 radical (unpaired) electrons. The van der Waals surface area contributed by atoms with E-state index in [1.165, 1.54) is 4.90 Å². The molecule has 0 aromatic carbocycles. The van der Waals surface area contributed by atoms with Gasteiger partial charge in [-0.15, -0.1) is 0 Å². The Bertz CT molecular complexity index is 760. The van der Waals surface area contributed by atoms with Gasteiger partial charge in [-0.25, -0.2) is 9.59 Å². The van der Waals surface area contributed by atoms with Gasteiger partial charge in [-0.1, -0.05) is 0 Å². The van der Waals surface area contributed by atoms with E-state index >= 15 is 0 Å². The van der Waals surface area contributed by atoms with E-state index in [9.17, 15) is 18.0 Å². The van der Waals surface area contributed by atoms with Crippen LogP contribution in [0, 0.1) is 0 Å². The van der Waals surface area contributed by atoms with E-state index in [2.05, 4.69) is 4.18 Å². The summed E-state index contributed by atoms with van der Waals surface area (Å²) in [6, 6.07) is 0. The molecule has 2 saturated heterocycles. The Hall–Kier alpha value is -1.67. The molecule has 0 aromatic rings. The van der Waals surface area contributed by atoms with E-state index in [0.717, 1.165) is 6.26 Å². The molecule has 2 fully saturated rings. The number of hydrogen-bond acceptors (Lipinski definition) is 10. The van der Waals surface area contributed by atoms with Gasteiger partial charge < -0.3 is 33.9 Å². The van der Waals surface area contributed by atoms with Crippen molar-refractivity contribution in [3.8, 4) is 0 Å². The van der Waals surface area contributed by atoms with Crippen LogP contribution in [-0.2, 0) is 33.2 Å². The monoisotopic (exact) mass is 512 g/mol. The lowest BCUT2D eigenvalue weighted by Crippen LogP contribution is -2.48. The molecular weight excluding hydrogens is 472 g/mol. The molecule has 0 saturated carbocycles. The third-order valence-corrected chi connectivity index (χ3v) is 4.82. The predicted octanol–water partition coefficient (Wildman–Crippen LogP) is 1.21. The van der Waals surface area contributed by atoms with Gasteiger partial charge in [0.25, 0.3) is 10.1 Å². The first-order valence-corrected chi connectivity index (χ1v) is 12.9. The van der Waals surface area contributed by atoms with Crippen molar-refractivity contribution in [2.24, 2.45) is 0 Å². The molecule has 2 atom stereocenters. The molecule has 34 heavy (non-hydrogen) atoms. The Morgan fingerprint density at radius 1 is 0.882 bits per heavy atom. The third-order valence-electron chi connectivity index (χ3n) is 4.25. The van der Waals surface area contributed by atoms with E-state index in [-0.39, 0.29) is 32.0 Å². The molecule has 0 aromatic heterocycles. The van der Waals surface area contributed by atoms with Gasteiger partial charge >= 0.3 is 12.2 Å². The first-order valence-electron chi connectivity index (χ1n) is 11.1. The maximum Gasteiger partial charge on any atom is 0.410 e. The summed E-state index contributed by atoms with van der Waals surface area (Å²) in [7, 11) is -3.50. The molecule has 1 N–H and O–H groups in total. The largest absolute Gasteiger partial charge is 0.444 e. The number of rotatable bonds is 4. The lowest BCUT2D eigenvalue weighted by Gasteiger charge is -2.33. The first-order chi connectivity index (χ1) is 15.5. The minimum Gasteiger partial charge on any atom is -0.444 e. The molecule has 0 aliphatic carbocycles. The SMILES string of the molecule is CC(C)(C)OC(=O)N1CCOC(CO)C1.CC(C)(C)OC(=O)N1CCOC(COS(C)(=O)=O)C1. The van der Waals surface area contributed by atoms with Crippen LogP contribution in [0.3, 0.4) is 0 Å². The van der Waals surface area contributed by atoms with Gasteiger partial charge in [0.1, 0.15) is 17.3 Å². The molecule has 2 aliphatic heterocycles. The topological polar surface area (TPSA) is 141 Å². The van der Waals surface area contributed by atoms with Crippen molar-refractivity contribution in [3.05, 3.63) is 0 Å². The quantitative estimate of drug-likeness (QED) is 0.546. The number of carbonyl (C=O) groups is 2. The van der Waals surface area contributed by atoms with E-state index in [0.29, 0.717) is 32.8 Å². The maximum atomic E-state index is 11.8. The zero-order chi connectivity index (χ0) is 26.2. The molecule has 2 amide bonds. The lowest BCUT2D eigenvalue weighted by atomic mass is 10.2. The summed E-state index contributed by atoms with van der Waals surface area (Å²) in [5.74, 6) is 0. The number of amides is 2. The summed E-state index contributed by atoms with van der Waals surface area (Å²) in [6.45, 7) is 13.0. The highest BCUT2D eigenvalue weighted by molar-refractivity contribution is 7.85. The normalized spacial score (nSPS) is 21.9. The number of ether oxygens (including phenoxy) is 4. The van der Waals surface area contributed by atoms with Crippen molar-refractivity contribution < 1.29 is 46.2 Å². The van der Waals surface area contributed by atoms with E-state index in [1.54, 1.807) is 25.7 Å². The van der Waals surface area contributed by atoms with E-state index in [1.807, 2.05) is 20.8 Å². The van der Waals surface area contributed by atoms with Crippen molar-refractivity contribution in [3.63, 3.8) is 0 Å². The number of morpholine rings is 2. The summed E-state index contributed by atoms with van der Waals surface area (Å²) in [6.07, 6.45) is -0.548. The zero-order valence-corrected chi connectivity index (χ0v) is 22.1. The molecule has 2 aliphatic rings. The first kappa shape index (κ1) is 30.4. The molecule has 2 heterocycles. The summed E-state index contributed by atoms with van der Waals surface area (Å²) in [5, 5.41) is 8.92. The summed E-state index contributed by atoms with van der Waals surface area (Å²) >= 11 is 0. The maximum absolute atomic E-state index is 11.8. The smallest absolute Gasteiger partial charge is 0.410 e. The summed E-state index contributed by atoms with van der Waals surface area (Å²) in [4.78, 5) is 26.5. The molecule has 200 valence electrons. The number of hydrogen-bond donors (Lipinski definition) is 1. The van der Waals surface area contributed by atoms with Crippen LogP contribution in [0.4, 0.5) is 9.59 Å². The van der Waals surface area contributed by atoms with Crippen molar-refractivity contribution in [1.29, 1.82) is 0 Å². The Kier molecular flexibility index (Phi) is 11.5. The number of aliphatic hydroxyl groups excluding tert-OH is 1. The summed E-state index contributed by atoms with van der Waals surface area (Å²) in [5.41, 5.74) is -1.04. The highest BCUT2D eigenvalue weighted by atomic mass is 32.2. The van der Waals surface area contributed by atoms with Gasteiger partial charge in [-0.3, -0.25) is 4.18 Å². The van der Waals surface area contributed by atoms with Crippen LogP contribution in [0.5, 0.6) is 0 Å². The molecule has 12 nitrogen and oxygen atoms in total. The minimum atomic E-state index is -3.50. The molecule has 13 heteroatoms. The van der Waals surface area contributed by atoms with Crippen LogP contribution >= 0.6 is 0 Å². The van der Waals surface area contributed by atoms with Crippen LogP contribution < -0.4 is 0 Å². The summed E-state index contributed by atoms with van der Waals surface area (Å²) < 4.78 is 47.5. The molecule has 0 spiro atoms. The average molecular weight is 513 g/mol.